The molecule has 2 atom stereocenters. The van der Waals surface area contributed by atoms with E-state index in [2.05, 4.69) is 24.1 Å². The molecule has 0 aromatic heterocycles. The molecule has 0 saturated carbocycles. The van der Waals surface area contributed by atoms with E-state index < -0.39 is 27.9 Å². The number of halogens is 1. The van der Waals surface area contributed by atoms with Crippen LogP contribution in [-0.2, 0) is 10.0 Å². The first-order chi connectivity index (χ1) is 14.2. The second kappa shape index (κ2) is 11.2. The maximum Gasteiger partial charge on any atom is 0.405 e. The van der Waals surface area contributed by atoms with Crippen LogP contribution in [0.25, 0.3) is 0 Å². The zero-order chi connectivity index (χ0) is 22.1. The molecule has 30 heavy (non-hydrogen) atoms. The number of nitrogens with one attached hydrogen (secondary N) is 1. The Morgan fingerprint density at radius 1 is 1.30 bits per heavy atom. The first-order valence-electron chi connectivity index (χ1n) is 10.2. The molecule has 1 amide bonds. The van der Waals surface area contributed by atoms with Crippen molar-refractivity contribution in [2.75, 3.05) is 30.3 Å². The lowest BCUT2D eigenvalue weighted by molar-refractivity contribution is 0.193. The first-order valence-corrected chi connectivity index (χ1v) is 11.8. The first kappa shape index (κ1) is 24.0. The molecular weight excluding hydrogens is 409 g/mol. The fourth-order valence-electron chi connectivity index (χ4n) is 3.47. The summed E-state index contributed by atoms with van der Waals surface area (Å²) in [5.41, 5.74) is 0.837. The Morgan fingerprint density at radius 2 is 2.00 bits per heavy atom. The summed E-state index contributed by atoms with van der Waals surface area (Å²) < 4.78 is 40.5. The second-order valence-electron chi connectivity index (χ2n) is 7.44. The molecule has 1 aliphatic rings. The molecule has 1 unspecified atom stereocenters. The highest BCUT2D eigenvalue weighted by molar-refractivity contribution is 7.89. The zero-order valence-electron chi connectivity index (χ0n) is 17.5. The van der Waals surface area contributed by atoms with E-state index in [1.54, 1.807) is 12.1 Å². The number of hydrogen-bond donors (Lipinski definition) is 2. The Morgan fingerprint density at radius 3 is 2.60 bits per heavy atom. The van der Waals surface area contributed by atoms with Gasteiger partial charge in [-0.3, -0.25) is 0 Å². The second-order valence-corrected chi connectivity index (χ2v) is 9.41. The van der Waals surface area contributed by atoms with Crippen molar-refractivity contribution in [1.29, 1.82) is 0 Å². The van der Waals surface area contributed by atoms with Gasteiger partial charge < -0.3 is 15.3 Å². The molecular formula is C21H30FN3O4S. The molecule has 0 bridgehead atoms. The van der Waals surface area contributed by atoms with Crippen LogP contribution in [0.5, 0.6) is 0 Å². The number of benzene rings is 1. The van der Waals surface area contributed by atoms with Crippen molar-refractivity contribution in [3.63, 3.8) is 0 Å². The van der Waals surface area contributed by atoms with Crippen LogP contribution < -0.4 is 10.2 Å². The molecule has 2 rings (SSSR count). The molecule has 2 N–H and O–H groups in total. The SMILES string of the molecule is CCCCCC#CC(CS(=O)(=O)N1CCN(c2ccc(F)cc2)C[C@H]1C)NC(=O)O. The van der Waals surface area contributed by atoms with Gasteiger partial charge in [-0.05, 0) is 37.6 Å². The Kier molecular flexibility index (Phi) is 8.93. The number of nitrogens with zero attached hydrogens (tertiary/aromatic N) is 2. The number of amides is 1. The molecule has 1 fully saturated rings. The molecule has 1 aliphatic heterocycles. The Balaban J connectivity index is 2.03. The van der Waals surface area contributed by atoms with Crippen LogP contribution in [0.1, 0.15) is 39.5 Å². The standard InChI is InChI=1S/C21H30FN3O4S/c1-3-4-5-6-7-8-19(23-21(26)27)16-30(28,29)25-14-13-24(15-17(25)2)20-11-9-18(22)10-12-20/h9-12,17,19,23H,3-6,13-16H2,1-2H3,(H,26,27)/t17-,19?/m1/s1. The molecule has 0 aliphatic carbocycles. The molecule has 9 heteroatoms. The largest absolute Gasteiger partial charge is 0.465 e. The topological polar surface area (TPSA) is 90.0 Å². The minimum atomic E-state index is -3.72. The van der Waals surface area contributed by atoms with Gasteiger partial charge in [0.25, 0.3) is 0 Å². The predicted molar refractivity (Wildman–Crippen MR) is 115 cm³/mol. The number of carboxylic acid groups (broad SMARTS) is 1. The minimum absolute atomic E-state index is 0.268. The quantitative estimate of drug-likeness (QED) is 0.480. The van der Waals surface area contributed by atoms with Crippen LogP contribution in [-0.4, -0.2) is 61.4 Å². The highest BCUT2D eigenvalue weighted by Crippen LogP contribution is 2.22. The van der Waals surface area contributed by atoms with E-state index in [0.717, 1.165) is 24.9 Å². The fourth-order valence-corrected chi connectivity index (χ4v) is 5.23. The zero-order valence-corrected chi connectivity index (χ0v) is 18.3. The van der Waals surface area contributed by atoms with Gasteiger partial charge in [0.05, 0.1) is 5.75 Å². The normalized spacial score (nSPS) is 18.4. The molecule has 1 aromatic rings. The third-order valence-corrected chi connectivity index (χ3v) is 6.98. The van der Waals surface area contributed by atoms with Crippen LogP contribution in [0.15, 0.2) is 24.3 Å². The molecule has 7 nitrogen and oxygen atoms in total. The van der Waals surface area contributed by atoms with Crippen molar-refractivity contribution < 1.29 is 22.7 Å². The Labute approximate surface area is 178 Å². The summed E-state index contributed by atoms with van der Waals surface area (Å²) in [7, 11) is -3.72. The number of anilines is 1. The van der Waals surface area contributed by atoms with Crippen LogP contribution >= 0.6 is 0 Å². The van der Waals surface area contributed by atoms with E-state index >= 15 is 0 Å². The van der Waals surface area contributed by atoms with E-state index in [0.29, 0.717) is 19.5 Å². The minimum Gasteiger partial charge on any atom is -0.465 e. The van der Waals surface area contributed by atoms with E-state index in [9.17, 15) is 17.6 Å². The summed E-state index contributed by atoms with van der Waals surface area (Å²) in [6.45, 7) is 5.08. The lowest BCUT2D eigenvalue weighted by atomic mass is 10.2. The van der Waals surface area contributed by atoms with Gasteiger partial charge in [0.15, 0.2) is 0 Å². The van der Waals surface area contributed by atoms with Gasteiger partial charge in [-0.15, -0.1) is 5.92 Å². The average molecular weight is 440 g/mol. The number of piperazine rings is 1. The predicted octanol–water partition coefficient (Wildman–Crippen LogP) is 2.89. The number of sulfonamides is 1. The maximum atomic E-state index is 13.1. The maximum absolute atomic E-state index is 13.1. The van der Waals surface area contributed by atoms with Gasteiger partial charge in [0.1, 0.15) is 11.9 Å². The highest BCUT2D eigenvalue weighted by Gasteiger charge is 2.34. The van der Waals surface area contributed by atoms with Crippen molar-refractivity contribution in [2.45, 2.75) is 51.6 Å². The number of unbranched alkanes of at least 4 members (excludes halogenated alkanes) is 3. The lowest BCUT2D eigenvalue weighted by Gasteiger charge is -2.40. The van der Waals surface area contributed by atoms with Gasteiger partial charge in [0, 0.05) is 37.8 Å². The number of hydrogen-bond acceptors (Lipinski definition) is 4. The van der Waals surface area contributed by atoms with Crippen LogP contribution in [0, 0.1) is 17.7 Å². The van der Waals surface area contributed by atoms with Gasteiger partial charge >= 0.3 is 6.09 Å². The summed E-state index contributed by atoms with van der Waals surface area (Å²) in [6, 6.07) is 4.82. The highest BCUT2D eigenvalue weighted by atomic mass is 32.2. The average Bonchev–Trinajstić information content (AvgIpc) is 2.67. The third kappa shape index (κ3) is 7.18. The molecule has 1 heterocycles. The van der Waals surface area contributed by atoms with Crippen LogP contribution in [0.4, 0.5) is 14.9 Å². The summed E-state index contributed by atoms with van der Waals surface area (Å²) in [4.78, 5) is 13.1. The van der Waals surface area contributed by atoms with E-state index in [-0.39, 0.29) is 18.4 Å². The van der Waals surface area contributed by atoms with E-state index in [1.165, 1.54) is 16.4 Å². The lowest BCUT2D eigenvalue weighted by Crippen LogP contribution is -2.56. The summed E-state index contributed by atoms with van der Waals surface area (Å²) >= 11 is 0. The number of carbonyl (C=O) groups is 1. The van der Waals surface area contributed by atoms with Crippen molar-refractivity contribution in [3.05, 3.63) is 30.1 Å². The number of rotatable bonds is 8. The fraction of sp³-hybridized carbons (Fsp3) is 0.571. The van der Waals surface area contributed by atoms with Crippen LogP contribution in [0.3, 0.4) is 0 Å². The monoisotopic (exact) mass is 439 g/mol. The van der Waals surface area contributed by atoms with Gasteiger partial charge in [-0.2, -0.15) is 4.31 Å². The Bertz CT molecular complexity index is 864. The molecule has 166 valence electrons. The third-order valence-electron chi connectivity index (χ3n) is 4.97. The molecule has 1 saturated heterocycles. The van der Waals surface area contributed by atoms with Crippen molar-refractivity contribution >= 4 is 21.8 Å². The summed E-state index contributed by atoms with van der Waals surface area (Å²) in [5.74, 6) is 4.94. The van der Waals surface area contributed by atoms with Crippen molar-refractivity contribution in [3.8, 4) is 11.8 Å². The van der Waals surface area contributed by atoms with E-state index in [4.69, 9.17) is 5.11 Å². The molecule has 0 radical (unpaired) electrons. The Hall–Kier alpha value is -2.31. The van der Waals surface area contributed by atoms with Crippen molar-refractivity contribution in [2.24, 2.45) is 0 Å². The van der Waals surface area contributed by atoms with E-state index in [1.807, 2.05) is 11.8 Å². The van der Waals surface area contributed by atoms with Crippen LogP contribution in [0.2, 0.25) is 0 Å². The molecule has 1 aromatic carbocycles. The smallest absolute Gasteiger partial charge is 0.405 e. The van der Waals surface area contributed by atoms with Crippen molar-refractivity contribution in [1.82, 2.24) is 9.62 Å². The molecule has 0 spiro atoms. The summed E-state index contributed by atoms with van der Waals surface area (Å²) in [6.07, 6.45) is 2.29. The van der Waals surface area contributed by atoms with Gasteiger partial charge in [-0.25, -0.2) is 17.6 Å². The summed E-state index contributed by atoms with van der Waals surface area (Å²) in [5, 5.41) is 11.3. The van der Waals surface area contributed by atoms with Gasteiger partial charge in [0.2, 0.25) is 10.0 Å². The van der Waals surface area contributed by atoms with Gasteiger partial charge in [-0.1, -0.05) is 25.7 Å².